The maximum atomic E-state index is 13.9. The van der Waals surface area contributed by atoms with Crippen molar-refractivity contribution in [3.63, 3.8) is 0 Å². The number of aryl methyl sites for hydroxylation is 1. The molecule has 0 unspecified atom stereocenters. The Balaban J connectivity index is 1.57. The first-order valence-corrected chi connectivity index (χ1v) is 11.5. The molecule has 4 nitrogen and oxygen atoms in total. The summed E-state index contributed by atoms with van der Waals surface area (Å²) in [4.78, 5) is 23.9. The van der Waals surface area contributed by atoms with Gasteiger partial charge in [-0.3, -0.25) is 4.79 Å². The van der Waals surface area contributed by atoms with Crippen molar-refractivity contribution >= 4 is 28.6 Å². The van der Waals surface area contributed by atoms with Crippen LogP contribution in [0, 0.1) is 11.6 Å². The molecule has 0 saturated heterocycles. The second-order valence-electron chi connectivity index (χ2n) is 7.58. The van der Waals surface area contributed by atoms with E-state index in [2.05, 4.69) is 24.3 Å². The lowest BCUT2D eigenvalue weighted by atomic mass is 10.0. The van der Waals surface area contributed by atoms with Crippen LogP contribution >= 0.6 is 11.8 Å². The van der Waals surface area contributed by atoms with Gasteiger partial charge in [0, 0.05) is 24.2 Å². The van der Waals surface area contributed by atoms with Crippen LogP contribution in [0.25, 0.3) is 10.9 Å². The first-order chi connectivity index (χ1) is 16.0. The molecule has 1 N–H and O–H groups in total. The number of hydrogen-bond donors (Lipinski definition) is 1. The molecule has 0 radical (unpaired) electrons. The molecule has 0 spiro atoms. The predicted octanol–water partition coefficient (Wildman–Crippen LogP) is 5.89. The Morgan fingerprint density at radius 1 is 0.939 bits per heavy atom. The Hall–Kier alpha value is -3.45. The van der Waals surface area contributed by atoms with E-state index in [4.69, 9.17) is 0 Å². The SMILES string of the molecule is O=C(O)c1cn(CCCSC(c2ccccc2)c2ccccc2)c2cc(F)c(F)cc2c1=O. The van der Waals surface area contributed by atoms with Crippen LogP contribution in [0.3, 0.4) is 0 Å². The Labute approximate surface area is 193 Å². The summed E-state index contributed by atoms with van der Waals surface area (Å²) in [6, 6.07) is 22.0. The molecular weight excluding hydrogens is 444 g/mol. The van der Waals surface area contributed by atoms with E-state index in [9.17, 15) is 23.5 Å². The highest BCUT2D eigenvalue weighted by Crippen LogP contribution is 2.35. The van der Waals surface area contributed by atoms with Gasteiger partial charge in [-0.2, -0.15) is 0 Å². The van der Waals surface area contributed by atoms with Gasteiger partial charge in [0.25, 0.3) is 0 Å². The number of hydrogen-bond acceptors (Lipinski definition) is 3. The minimum atomic E-state index is -1.40. The number of rotatable bonds is 8. The quantitative estimate of drug-likeness (QED) is 0.330. The van der Waals surface area contributed by atoms with E-state index >= 15 is 0 Å². The summed E-state index contributed by atoms with van der Waals surface area (Å²) in [6.07, 6.45) is 1.84. The minimum Gasteiger partial charge on any atom is -0.477 e. The van der Waals surface area contributed by atoms with Crippen LogP contribution in [0.15, 0.2) is 83.8 Å². The van der Waals surface area contributed by atoms with Crippen molar-refractivity contribution in [3.8, 4) is 0 Å². The number of fused-ring (bicyclic) bond motifs is 1. The number of carbonyl (C=O) groups is 1. The molecule has 0 aliphatic heterocycles. The van der Waals surface area contributed by atoms with Crippen molar-refractivity contribution in [2.45, 2.75) is 18.2 Å². The monoisotopic (exact) mass is 465 g/mol. The summed E-state index contributed by atoms with van der Waals surface area (Å²) in [7, 11) is 0. The lowest BCUT2D eigenvalue weighted by Gasteiger charge is -2.18. The van der Waals surface area contributed by atoms with Crippen molar-refractivity contribution in [2.75, 3.05) is 5.75 Å². The molecule has 0 aliphatic rings. The normalized spacial score (nSPS) is 11.2. The standard InChI is InChI=1S/C26H21F2NO3S/c27-21-14-19-23(15-22(21)28)29(16-20(24(19)30)26(31)32)12-7-13-33-25(17-8-3-1-4-9-17)18-10-5-2-6-11-18/h1-6,8-11,14-16,25H,7,12-13H2,(H,31,32). The number of halogens is 2. The van der Waals surface area contributed by atoms with Crippen molar-refractivity contribution in [1.29, 1.82) is 0 Å². The zero-order valence-electron chi connectivity index (χ0n) is 17.6. The van der Waals surface area contributed by atoms with E-state index in [1.807, 2.05) is 36.4 Å². The molecule has 1 heterocycles. The van der Waals surface area contributed by atoms with Gasteiger partial charge in [0.05, 0.1) is 10.8 Å². The zero-order chi connectivity index (χ0) is 23.4. The summed E-state index contributed by atoms with van der Waals surface area (Å²) in [5.41, 5.74) is 1.24. The van der Waals surface area contributed by atoms with Gasteiger partial charge in [-0.25, -0.2) is 13.6 Å². The summed E-state index contributed by atoms with van der Waals surface area (Å²) >= 11 is 1.75. The maximum absolute atomic E-state index is 13.9. The van der Waals surface area contributed by atoms with Crippen molar-refractivity contribution in [3.05, 3.63) is 118 Å². The molecular formula is C26H21F2NO3S. The van der Waals surface area contributed by atoms with E-state index in [0.717, 1.165) is 17.9 Å². The lowest BCUT2D eigenvalue weighted by Crippen LogP contribution is -2.19. The fourth-order valence-corrected chi connectivity index (χ4v) is 5.03. The van der Waals surface area contributed by atoms with Crippen molar-refractivity contribution in [2.24, 2.45) is 0 Å². The van der Waals surface area contributed by atoms with E-state index < -0.39 is 28.6 Å². The molecule has 33 heavy (non-hydrogen) atoms. The smallest absolute Gasteiger partial charge is 0.341 e. The summed E-state index contributed by atoms with van der Waals surface area (Å²) in [5, 5.41) is 9.36. The molecule has 3 aromatic carbocycles. The lowest BCUT2D eigenvalue weighted by molar-refractivity contribution is 0.0695. The Kier molecular flexibility index (Phi) is 6.89. The Morgan fingerprint density at radius 3 is 2.09 bits per heavy atom. The first-order valence-electron chi connectivity index (χ1n) is 10.4. The number of pyridine rings is 1. The molecule has 4 aromatic rings. The molecule has 0 aliphatic carbocycles. The third-order valence-electron chi connectivity index (χ3n) is 5.39. The second-order valence-corrected chi connectivity index (χ2v) is 8.79. The van der Waals surface area contributed by atoms with Gasteiger partial charge in [-0.15, -0.1) is 11.8 Å². The van der Waals surface area contributed by atoms with Crippen molar-refractivity contribution in [1.82, 2.24) is 4.57 Å². The summed E-state index contributed by atoms with van der Waals surface area (Å²) in [6.45, 7) is 0.353. The number of benzene rings is 3. The maximum Gasteiger partial charge on any atom is 0.341 e. The molecule has 1 aromatic heterocycles. The minimum absolute atomic E-state index is 0.124. The van der Waals surface area contributed by atoms with Gasteiger partial charge >= 0.3 is 5.97 Å². The highest BCUT2D eigenvalue weighted by atomic mass is 32.2. The van der Waals surface area contributed by atoms with Gasteiger partial charge in [0.15, 0.2) is 11.6 Å². The Bertz CT molecular complexity index is 1300. The molecule has 0 fully saturated rings. The van der Waals surface area contributed by atoms with Gasteiger partial charge in [-0.05, 0) is 29.4 Å². The molecule has 0 atom stereocenters. The van der Waals surface area contributed by atoms with Gasteiger partial charge < -0.3 is 9.67 Å². The Morgan fingerprint density at radius 2 is 1.52 bits per heavy atom. The van der Waals surface area contributed by atoms with Gasteiger partial charge in [0.1, 0.15) is 5.56 Å². The van der Waals surface area contributed by atoms with E-state index in [0.29, 0.717) is 13.0 Å². The van der Waals surface area contributed by atoms with E-state index in [1.54, 1.807) is 11.8 Å². The number of nitrogens with zero attached hydrogens (tertiary/aromatic N) is 1. The van der Waals surface area contributed by atoms with Crippen LogP contribution in [0.2, 0.25) is 0 Å². The summed E-state index contributed by atoms with van der Waals surface area (Å²) in [5.74, 6) is -2.93. The van der Waals surface area contributed by atoms with Gasteiger partial charge in [-0.1, -0.05) is 60.7 Å². The van der Waals surface area contributed by atoms with Crippen LogP contribution in [-0.2, 0) is 6.54 Å². The third kappa shape index (κ3) is 4.98. The van der Waals surface area contributed by atoms with Gasteiger partial charge in [0.2, 0.25) is 5.43 Å². The fourth-order valence-electron chi connectivity index (χ4n) is 3.80. The van der Waals surface area contributed by atoms with Crippen LogP contribution in [-0.4, -0.2) is 21.4 Å². The predicted molar refractivity (Wildman–Crippen MR) is 127 cm³/mol. The molecule has 0 bridgehead atoms. The van der Waals surface area contributed by atoms with Crippen LogP contribution in [0.5, 0.6) is 0 Å². The van der Waals surface area contributed by atoms with Crippen LogP contribution in [0.4, 0.5) is 8.78 Å². The van der Waals surface area contributed by atoms with Crippen molar-refractivity contribution < 1.29 is 18.7 Å². The summed E-state index contributed by atoms with van der Waals surface area (Å²) < 4.78 is 29.1. The molecule has 168 valence electrons. The molecule has 0 saturated carbocycles. The molecule has 4 rings (SSSR count). The average Bonchev–Trinajstić information content (AvgIpc) is 2.82. The van der Waals surface area contributed by atoms with E-state index in [1.165, 1.54) is 21.9 Å². The second kappa shape index (κ2) is 10.0. The highest BCUT2D eigenvalue weighted by molar-refractivity contribution is 7.99. The third-order valence-corrected chi connectivity index (χ3v) is 6.79. The first kappa shape index (κ1) is 22.7. The zero-order valence-corrected chi connectivity index (χ0v) is 18.4. The number of carboxylic acid groups (broad SMARTS) is 1. The van der Waals surface area contributed by atoms with Crippen LogP contribution in [0.1, 0.15) is 33.2 Å². The van der Waals surface area contributed by atoms with E-state index in [-0.39, 0.29) is 16.2 Å². The largest absolute Gasteiger partial charge is 0.477 e. The fraction of sp³-hybridized carbons (Fsp3) is 0.154. The molecule has 7 heteroatoms. The molecule has 0 amide bonds. The number of aromatic nitrogens is 1. The topological polar surface area (TPSA) is 59.3 Å². The average molecular weight is 466 g/mol. The van der Waals surface area contributed by atoms with Crippen LogP contribution < -0.4 is 5.43 Å². The number of aromatic carboxylic acids is 1. The number of carboxylic acids is 1. The number of thioether (sulfide) groups is 1. The highest BCUT2D eigenvalue weighted by Gasteiger charge is 2.18.